The molecule has 20 heavy (non-hydrogen) atoms. The van der Waals surface area contributed by atoms with Crippen molar-refractivity contribution in [1.82, 2.24) is 5.32 Å². The number of rotatable bonds is 3. The van der Waals surface area contributed by atoms with E-state index in [1.54, 1.807) is 12.1 Å². The minimum atomic E-state index is -0.191. The van der Waals surface area contributed by atoms with Gasteiger partial charge in [-0.05, 0) is 50.6 Å². The van der Waals surface area contributed by atoms with Crippen LogP contribution in [0.15, 0.2) is 18.2 Å². The van der Waals surface area contributed by atoms with E-state index in [1.807, 2.05) is 6.92 Å². The molecule has 0 amide bonds. The van der Waals surface area contributed by atoms with Crippen molar-refractivity contribution in [2.24, 2.45) is 5.41 Å². The van der Waals surface area contributed by atoms with Gasteiger partial charge in [0.1, 0.15) is 17.7 Å². The summed E-state index contributed by atoms with van der Waals surface area (Å²) in [4.78, 5) is 0. The molecule has 2 saturated carbocycles. The van der Waals surface area contributed by atoms with Crippen molar-refractivity contribution in [1.29, 1.82) is 0 Å². The highest BCUT2D eigenvalue weighted by Crippen LogP contribution is 2.53. The lowest BCUT2D eigenvalue weighted by Gasteiger charge is -2.57. The number of aryl methyl sites for hydroxylation is 1. The van der Waals surface area contributed by atoms with Crippen LogP contribution in [0.3, 0.4) is 0 Å². The Morgan fingerprint density at radius 3 is 2.65 bits per heavy atom. The Hall–Kier alpha value is -1.09. The first-order valence-electron chi connectivity index (χ1n) is 7.76. The maximum atomic E-state index is 13.2. The molecule has 1 spiro atoms. The number of hydrogen-bond donors (Lipinski definition) is 1. The van der Waals surface area contributed by atoms with Gasteiger partial charge in [0, 0.05) is 17.9 Å². The Bertz CT molecular complexity index is 482. The van der Waals surface area contributed by atoms with Gasteiger partial charge in [-0.15, -0.1) is 0 Å². The summed E-state index contributed by atoms with van der Waals surface area (Å²) in [5, 5.41) is 3.46. The molecule has 3 heteroatoms. The van der Waals surface area contributed by atoms with Crippen LogP contribution in [0.5, 0.6) is 5.75 Å². The van der Waals surface area contributed by atoms with E-state index in [4.69, 9.17) is 4.74 Å². The zero-order valence-corrected chi connectivity index (χ0v) is 12.4. The Labute approximate surface area is 120 Å². The lowest BCUT2D eigenvalue weighted by atomic mass is 9.55. The molecule has 1 aromatic rings. The molecular weight excluding hydrogens is 253 g/mol. The van der Waals surface area contributed by atoms with Crippen LogP contribution >= 0.6 is 0 Å². The van der Waals surface area contributed by atoms with Gasteiger partial charge in [-0.3, -0.25) is 0 Å². The number of hydrogen-bond acceptors (Lipinski definition) is 2. The second kappa shape index (κ2) is 5.36. The van der Waals surface area contributed by atoms with E-state index in [0.717, 1.165) is 17.7 Å². The minimum absolute atomic E-state index is 0.191. The number of ether oxygens (including phenoxy) is 1. The fraction of sp³-hybridized carbons (Fsp3) is 0.647. The smallest absolute Gasteiger partial charge is 0.123 e. The molecule has 0 aliphatic heterocycles. The second-order valence-electron chi connectivity index (χ2n) is 6.39. The van der Waals surface area contributed by atoms with Gasteiger partial charge in [-0.25, -0.2) is 4.39 Å². The largest absolute Gasteiger partial charge is 0.489 e. The van der Waals surface area contributed by atoms with Crippen molar-refractivity contribution in [2.45, 2.75) is 57.6 Å². The zero-order chi connectivity index (χ0) is 14.2. The molecule has 0 bridgehead atoms. The van der Waals surface area contributed by atoms with Crippen LogP contribution in [0.2, 0.25) is 0 Å². The van der Waals surface area contributed by atoms with Crippen LogP contribution in [0.25, 0.3) is 0 Å². The maximum absolute atomic E-state index is 13.2. The Balaban J connectivity index is 1.77. The lowest BCUT2D eigenvalue weighted by molar-refractivity contribution is -0.101. The molecule has 1 aromatic carbocycles. The first-order chi connectivity index (χ1) is 9.65. The predicted molar refractivity (Wildman–Crippen MR) is 78.5 cm³/mol. The van der Waals surface area contributed by atoms with Gasteiger partial charge in [0.05, 0.1) is 0 Å². The van der Waals surface area contributed by atoms with E-state index in [2.05, 4.69) is 12.4 Å². The molecule has 2 aliphatic rings. The number of benzene rings is 1. The van der Waals surface area contributed by atoms with Crippen molar-refractivity contribution in [3.8, 4) is 5.75 Å². The van der Waals surface area contributed by atoms with Gasteiger partial charge in [0.15, 0.2) is 0 Å². The normalized spacial score (nSPS) is 28.1. The summed E-state index contributed by atoms with van der Waals surface area (Å²) in [7, 11) is 2.06. The van der Waals surface area contributed by atoms with Crippen LogP contribution in [0.1, 0.15) is 44.1 Å². The van der Waals surface area contributed by atoms with E-state index in [1.165, 1.54) is 38.2 Å². The van der Waals surface area contributed by atoms with Crippen LogP contribution < -0.4 is 10.1 Å². The summed E-state index contributed by atoms with van der Waals surface area (Å²) in [5.74, 6) is 0.653. The fourth-order valence-corrected chi connectivity index (χ4v) is 4.10. The second-order valence-corrected chi connectivity index (χ2v) is 6.39. The zero-order valence-electron chi connectivity index (χ0n) is 12.4. The highest BCUT2D eigenvalue weighted by atomic mass is 19.1. The van der Waals surface area contributed by atoms with Crippen LogP contribution in [-0.2, 0) is 0 Å². The Kier molecular flexibility index (Phi) is 3.72. The minimum Gasteiger partial charge on any atom is -0.489 e. The van der Waals surface area contributed by atoms with Gasteiger partial charge in [-0.2, -0.15) is 0 Å². The van der Waals surface area contributed by atoms with Gasteiger partial charge in [-0.1, -0.05) is 19.3 Å². The van der Waals surface area contributed by atoms with E-state index >= 15 is 0 Å². The van der Waals surface area contributed by atoms with Crippen LogP contribution in [-0.4, -0.2) is 19.2 Å². The molecule has 2 fully saturated rings. The first-order valence-corrected chi connectivity index (χ1v) is 7.76. The molecule has 0 saturated heterocycles. The molecule has 2 nitrogen and oxygen atoms in total. The van der Waals surface area contributed by atoms with Gasteiger partial charge >= 0.3 is 0 Å². The molecule has 110 valence electrons. The monoisotopic (exact) mass is 277 g/mol. The van der Waals surface area contributed by atoms with Crippen molar-refractivity contribution in [2.75, 3.05) is 7.05 Å². The fourth-order valence-electron chi connectivity index (χ4n) is 4.10. The van der Waals surface area contributed by atoms with Crippen LogP contribution in [0, 0.1) is 18.2 Å². The number of halogens is 1. The summed E-state index contributed by atoms with van der Waals surface area (Å²) in [5.41, 5.74) is 1.19. The topological polar surface area (TPSA) is 21.3 Å². The summed E-state index contributed by atoms with van der Waals surface area (Å²) in [6.45, 7) is 1.92. The van der Waals surface area contributed by atoms with E-state index < -0.39 is 0 Å². The van der Waals surface area contributed by atoms with Gasteiger partial charge < -0.3 is 10.1 Å². The summed E-state index contributed by atoms with van der Waals surface area (Å²) in [6.07, 6.45) is 7.81. The number of nitrogens with one attached hydrogen (secondary N) is 1. The molecule has 0 aromatic heterocycles. The van der Waals surface area contributed by atoms with E-state index in [9.17, 15) is 4.39 Å². The first kappa shape index (κ1) is 13.9. The highest BCUT2D eigenvalue weighted by molar-refractivity contribution is 5.33. The molecule has 2 atom stereocenters. The van der Waals surface area contributed by atoms with Crippen molar-refractivity contribution >= 4 is 0 Å². The molecule has 0 heterocycles. The Morgan fingerprint density at radius 1 is 1.25 bits per heavy atom. The third-order valence-electron chi connectivity index (χ3n) is 5.32. The molecular formula is C17H24FNO. The molecule has 3 rings (SSSR count). The predicted octanol–water partition coefficient (Wildman–Crippen LogP) is 3.82. The molecule has 2 aliphatic carbocycles. The van der Waals surface area contributed by atoms with Gasteiger partial charge in [0.2, 0.25) is 0 Å². The standard InChI is InChI=1S/C17H24FNO/c1-12-10-13(18)6-7-14(12)20-16-11-15(19-2)17(16)8-4-3-5-9-17/h6-7,10,15-16,19H,3-5,8-9,11H2,1-2H3. The average molecular weight is 277 g/mol. The van der Waals surface area contributed by atoms with E-state index in [-0.39, 0.29) is 11.9 Å². The summed E-state index contributed by atoms with van der Waals surface area (Å²) in [6, 6.07) is 5.39. The maximum Gasteiger partial charge on any atom is 0.123 e. The quantitative estimate of drug-likeness (QED) is 0.906. The highest BCUT2D eigenvalue weighted by Gasteiger charge is 2.55. The Morgan fingerprint density at radius 2 is 2.00 bits per heavy atom. The third kappa shape index (κ3) is 2.22. The van der Waals surface area contributed by atoms with Crippen molar-refractivity contribution in [3.63, 3.8) is 0 Å². The van der Waals surface area contributed by atoms with Crippen molar-refractivity contribution < 1.29 is 9.13 Å². The lowest BCUT2D eigenvalue weighted by Crippen LogP contribution is -2.64. The van der Waals surface area contributed by atoms with Crippen LogP contribution in [0.4, 0.5) is 4.39 Å². The molecule has 2 unspecified atom stereocenters. The molecule has 0 radical (unpaired) electrons. The average Bonchev–Trinajstić information content (AvgIpc) is 2.45. The van der Waals surface area contributed by atoms with E-state index in [0.29, 0.717) is 11.5 Å². The third-order valence-corrected chi connectivity index (χ3v) is 5.32. The summed E-state index contributed by atoms with van der Waals surface area (Å²) >= 11 is 0. The van der Waals surface area contributed by atoms with Crippen molar-refractivity contribution in [3.05, 3.63) is 29.6 Å². The van der Waals surface area contributed by atoms with Gasteiger partial charge in [0.25, 0.3) is 0 Å². The summed E-state index contributed by atoms with van der Waals surface area (Å²) < 4.78 is 19.4. The SMILES string of the molecule is CNC1CC(Oc2ccc(F)cc2C)C12CCCCC2. The molecule has 1 N–H and O–H groups in total.